The molecule has 0 amide bonds. The summed E-state index contributed by atoms with van der Waals surface area (Å²) in [5.74, 6) is 1.83. The number of nitrogens with zero attached hydrogens (tertiary/aromatic N) is 1. The fourth-order valence-corrected chi connectivity index (χ4v) is 2.43. The van der Waals surface area contributed by atoms with Crippen molar-refractivity contribution in [3.63, 3.8) is 0 Å². The van der Waals surface area contributed by atoms with Crippen LogP contribution in [-0.2, 0) is 0 Å². The van der Waals surface area contributed by atoms with Crippen LogP contribution in [0.3, 0.4) is 0 Å². The van der Waals surface area contributed by atoms with E-state index in [0.29, 0.717) is 0 Å². The highest BCUT2D eigenvalue weighted by Crippen LogP contribution is 2.23. The normalized spacial score (nSPS) is 13.1. The third kappa shape index (κ3) is 2.50. The van der Waals surface area contributed by atoms with Gasteiger partial charge in [0, 0.05) is 11.4 Å². The van der Waals surface area contributed by atoms with Gasteiger partial charge in [0.2, 0.25) is 0 Å². The van der Waals surface area contributed by atoms with Gasteiger partial charge in [0.1, 0.15) is 0 Å². The van der Waals surface area contributed by atoms with E-state index in [1.54, 1.807) is 11.8 Å². The maximum absolute atomic E-state index is 5.72. The number of aromatic nitrogens is 2. The Hall–Kier alpha value is -1.16. The number of aromatic amines is 1. The molecule has 0 saturated carbocycles. The molecule has 2 rings (SSSR count). The van der Waals surface area contributed by atoms with Crippen LogP contribution in [0.5, 0.6) is 0 Å². The van der Waals surface area contributed by atoms with Crippen molar-refractivity contribution >= 4 is 28.5 Å². The number of fused-ring (bicyclic) bond motifs is 1. The third-order valence-electron chi connectivity index (χ3n) is 2.69. The molecule has 0 radical (unpaired) electrons. The molecule has 0 aliphatic rings. The summed E-state index contributed by atoms with van der Waals surface area (Å²) in [4.78, 5) is 7.80. The Morgan fingerprint density at radius 2 is 2.31 bits per heavy atom. The summed E-state index contributed by atoms with van der Waals surface area (Å²) in [6.45, 7) is 4.47. The van der Waals surface area contributed by atoms with Gasteiger partial charge in [0.15, 0.2) is 5.16 Å². The standard InChI is InChI=1S/C12H17N3S/c1-3-8(2)7-16-12-14-10-5-4-9(13)6-11(10)15-12/h4-6,8H,3,7,13H2,1-2H3,(H,14,15). The monoisotopic (exact) mass is 235 g/mol. The lowest BCUT2D eigenvalue weighted by Crippen LogP contribution is -1.95. The van der Waals surface area contributed by atoms with Crippen LogP contribution in [0.15, 0.2) is 23.4 Å². The maximum Gasteiger partial charge on any atom is 0.166 e. The molecule has 0 spiro atoms. The fourth-order valence-electron chi connectivity index (χ4n) is 1.41. The first-order valence-electron chi connectivity index (χ1n) is 5.57. The van der Waals surface area contributed by atoms with E-state index in [2.05, 4.69) is 23.8 Å². The minimum atomic E-state index is 0.725. The molecule has 1 aromatic carbocycles. The number of imidazole rings is 1. The van der Waals surface area contributed by atoms with Crippen molar-refractivity contribution in [2.45, 2.75) is 25.4 Å². The summed E-state index contributed by atoms with van der Waals surface area (Å²) in [5.41, 5.74) is 8.50. The molecule has 1 unspecified atom stereocenters. The molecule has 1 atom stereocenters. The van der Waals surface area contributed by atoms with Gasteiger partial charge in [-0.2, -0.15) is 0 Å². The van der Waals surface area contributed by atoms with Gasteiger partial charge in [-0.1, -0.05) is 32.0 Å². The van der Waals surface area contributed by atoms with E-state index in [0.717, 1.165) is 33.5 Å². The van der Waals surface area contributed by atoms with Crippen molar-refractivity contribution in [2.75, 3.05) is 11.5 Å². The maximum atomic E-state index is 5.72. The number of rotatable bonds is 4. The average molecular weight is 235 g/mol. The van der Waals surface area contributed by atoms with Gasteiger partial charge < -0.3 is 10.7 Å². The number of benzene rings is 1. The SMILES string of the molecule is CCC(C)CSc1nc2ccc(N)cc2[nH]1. The van der Waals surface area contributed by atoms with Gasteiger partial charge >= 0.3 is 0 Å². The number of hydrogen-bond acceptors (Lipinski definition) is 3. The molecule has 4 heteroatoms. The van der Waals surface area contributed by atoms with Crippen molar-refractivity contribution in [1.82, 2.24) is 9.97 Å². The van der Waals surface area contributed by atoms with E-state index >= 15 is 0 Å². The molecule has 0 fully saturated rings. The molecule has 1 aromatic heterocycles. The number of H-pyrrole nitrogens is 1. The van der Waals surface area contributed by atoms with Gasteiger partial charge in [-0.05, 0) is 24.1 Å². The highest BCUT2D eigenvalue weighted by Gasteiger charge is 2.05. The summed E-state index contributed by atoms with van der Waals surface area (Å²) < 4.78 is 0. The first-order valence-corrected chi connectivity index (χ1v) is 6.55. The lowest BCUT2D eigenvalue weighted by atomic mass is 10.2. The zero-order valence-electron chi connectivity index (χ0n) is 9.66. The summed E-state index contributed by atoms with van der Waals surface area (Å²) >= 11 is 1.78. The molecular formula is C12H17N3S. The zero-order chi connectivity index (χ0) is 11.5. The lowest BCUT2D eigenvalue weighted by Gasteiger charge is -2.04. The van der Waals surface area contributed by atoms with E-state index in [4.69, 9.17) is 5.73 Å². The van der Waals surface area contributed by atoms with Crippen LogP contribution in [-0.4, -0.2) is 15.7 Å². The van der Waals surface area contributed by atoms with Crippen molar-refractivity contribution in [1.29, 1.82) is 0 Å². The number of nitrogen functional groups attached to an aromatic ring is 1. The average Bonchev–Trinajstić information content (AvgIpc) is 2.67. The second kappa shape index (κ2) is 4.78. The Bertz CT molecular complexity index is 478. The molecule has 3 N–H and O–H groups in total. The van der Waals surface area contributed by atoms with Crippen LogP contribution in [0.4, 0.5) is 5.69 Å². The molecule has 1 heterocycles. The molecule has 0 aliphatic carbocycles. The predicted octanol–water partition coefficient (Wildman–Crippen LogP) is 3.28. The largest absolute Gasteiger partial charge is 0.399 e. The van der Waals surface area contributed by atoms with Crippen LogP contribution in [0, 0.1) is 5.92 Å². The smallest absolute Gasteiger partial charge is 0.166 e. The highest BCUT2D eigenvalue weighted by atomic mass is 32.2. The van der Waals surface area contributed by atoms with Gasteiger partial charge in [-0.15, -0.1) is 0 Å². The first kappa shape index (κ1) is 11.3. The number of nitrogens with one attached hydrogen (secondary N) is 1. The Kier molecular flexibility index (Phi) is 3.39. The van der Waals surface area contributed by atoms with Gasteiger partial charge in [-0.25, -0.2) is 4.98 Å². The molecule has 16 heavy (non-hydrogen) atoms. The molecular weight excluding hydrogens is 218 g/mol. The summed E-state index contributed by atoms with van der Waals surface area (Å²) in [5, 5.41) is 0.987. The quantitative estimate of drug-likeness (QED) is 0.631. The third-order valence-corrected chi connectivity index (χ3v) is 3.89. The molecule has 86 valence electrons. The van der Waals surface area contributed by atoms with Crippen LogP contribution in [0.25, 0.3) is 11.0 Å². The molecule has 3 nitrogen and oxygen atoms in total. The number of thioether (sulfide) groups is 1. The number of nitrogens with two attached hydrogens (primary N) is 1. The fraction of sp³-hybridized carbons (Fsp3) is 0.417. The van der Waals surface area contributed by atoms with Crippen molar-refractivity contribution in [3.8, 4) is 0 Å². The number of hydrogen-bond donors (Lipinski definition) is 2. The Labute approximate surface area is 99.8 Å². The number of anilines is 1. The van der Waals surface area contributed by atoms with E-state index in [9.17, 15) is 0 Å². The Morgan fingerprint density at radius 1 is 1.50 bits per heavy atom. The summed E-state index contributed by atoms with van der Waals surface area (Å²) in [6.07, 6.45) is 1.21. The molecule has 0 aliphatic heterocycles. The van der Waals surface area contributed by atoms with E-state index in [-0.39, 0.29) is 0 Å². The van der Waals surface area contributed by atoms with Crippen LogP contribution in [0.2, 0.25) is 0 Å². The van der Waals surface area contributed by atoms with Crippen molar-refractivity contribution < 1.29 is 0 Å². The lowest BCUT2D eigenvalue weighted by molar-refractivity contribution is 0.636. The zero-order valence-corrected chi connectivity index (χ0v) is 10.5. The van der Waals surface area contributed by atoms with E-state index < -0.39 is 0 Å². The second-order valence-corrected chi connectivity index (χ2v) is 5.15. The minimum Gasteiger partial charge on any atom is -0.399 e. The molecule has 0 bridgehead atoms. The first-order chi connectivity index (χ1) is 7.69. The molecule has 2 aromatic rings. The molecule has 0 saturated heterocycles. The summed E-state index contributed by atoms with van der Waals surface area (Å²) in [6, 6.07) is 5.76. The highest BCUT2D eigenvalue weighted by molar-refractivity contribution is 7.99. The van der Waals surface area contributed by atoms with E-state index in [1.165, 1.54) is 6.42 Å². The van der Waals surface area contributed by atoms with Crippen LogP contribution >= 0.6 is 11.8 Å². The van der Waals surface area contributed by atoms with Crippen molar-refractivity contribution in [2.24, 2.45) is 5.92 Å². The van der Waals surface area contributed by atoms with Crippen LogP contribution in [0.1, 0.15) is 20.3 Å². The Morgan fingerprint density at radius 3 is 3.06 bits per heavy atom. The second-order valence-electron chi connectivity index (χ2n) is 4.14. The predicted molar refractivity (Wildman–Crippen MR) is 70.7 cm³/mol. The summed E-state index contributed by atoms with van der Waals surface area (Å²) in [7, 11) is 0. The van der Waals surface area contributed by atoms with Gasteiger partial charge in [0.05, 0.1) is 11.0 Å². The van der Waals surface area contributed by atoms with Crippen molar-refractivity contribution in [3.05, 3.63) is 18.2 Å². The topological polar surface area (TPSA) is 54.7 Å². The van der Waals surface area contributed by atoms with Gasteiger partial charge in [-0.3, -0.25) is 0 Å². The minimum absolute atomic E-state index is 0.725. The van der Waals surface area contributed by atoms with Crippen LogP contribution < -0.4 is 5.73 Å². The van der Waals surface area contributed by atoms with Gasteiger partial charge in [0.25, 0.3) is 0 Å². The Balaban J connectivity index is 2.13. The van der Waals surface area contributed by atoms with E-state index in [1.807, 2.05) is 18.2 Å².